The third-order valence-electron chi connectivity index (χ3n) is 1.30. The second-order valence-corrected chi connectivity index (χ2v) is 2.72. The maximum atomic E-state index is 10.9. The van der Waals surface area contributed by atoms with Gasteiger partial charge in [0.15, 0.2) is 6.29 Å². The van der Waals surface area contributed by atoms with E-state index in [1.807, 2.05) is 0 Å². The second-order valence-electron chi connectivity index (χ2n) is 2.72. The molecule has 0 aromatic rings. The Bertz CT molecular complexity index is 180. The molecule has 0 radical (unpaired) electrons. The first-order chi connectivity index (χ1) is 6.04. The summed E-state index contributed by atoms with van der Waals surface area (Å²) in [5.74, 6) is -0.189. The first kappa shape index (κ1) is 12.1. The molecule has 0 unspecified atom stereocenters. The molecule has 1 amide bonds. The Morgan fingerprint density at radius 2 is 2.08 bits per heavy atom. The fraction of sp³-hybridized carbons (Fsp3) is 0.625. The van der Waals surface area contributed by atoms with Crippen LogP contribution in [0, 0.1) is 0 Å². The van der Waals surface area contributed by atoms with Gasteiger partial charge >= 0.3 is 0 Å². The SMILES string of the molecule is C=C(C)C(=O)NCCNCC(O)O. The Morgan fingerprint density at radius 1 is 1.46 bits per heavy atom. The summed E-state index contributed by atoms with van der Waals surface area (Å²) in [6.07, 6.45) is -1.35. The van der Waals surface area contributed by atoms with Crippen molar-refractivity contribution in [2.75, 3.05) is 19.6 Å². The summed E-state index contributed by atoms with van der Waals surface area (Å²) in [4.78, 5) is 10.9. The van der Waals surface area contributed by atoms with E-state index in [1.165, 1.54) is 0 Å². The van der Waals surface area contributed by atoms with Crippen LogP contribution in [0.2, 0.25) is 0 Å². The molecular formula is C8H16N2O3. The number of amides is 1. The summed E-state index contributed by atoms with van der Waals surface area (Å²) < 4.78 is 0. The second kappa shape index (κ2) is 6.59. The van der Waals surface area contributed by atoms with Gasteiger partial charge in [-0.15, -0.1) is 0 Å². The zero-order valence-corrected chi connectivity index (χ0v) is 7.71. The number of carbonyl (C=O) groups is 1. The summed E-state index contributed by atoms with van der Waals surface area (Å²) in [7, 11) is 0. The predicted molar refractivity (Wildman–Crippen MR) is 48.9 cm³/mol. The first-order valence-electron chi connectivity index (χ1n) is 4.04. The van der Waals surface area contributed by atoms with Gasteiger partial charge in [-0.25, -0.2) is 0 Å². The van der Waals surface area contributed by atoms with Gasteiger partial charge in [-0.05, 0) is 6.92 Å². The standard InChI is InChI=1S/C8H16N2O3/c1-6(2)8(13)10-4-3-9-5-7(11)12/h7,9,11-12H,1,3-5H2,2H3,(H,10,13). The van der Waals surface area contributed by atoms with Gasteiger partial charge in [0.2, 0.25) is 5.91 Å². The fourth-order valence-corrected chi connectivity index (χ4v) is 0.646. The normalized spacial score (nSPS) is 10.2. The van der Waals surface area contributed by atoms with Crippen molar-refractivity contribution in [3.63, 3.8) is 0 Å². The third kappa shape index (κ3) is 7.45. The van der Waals surface area contributed by atoms with Crippen molar-refractivity contribution in [1.82, 2.24) is 10.6 Å². The molecule has 0 heterocycles. The van der Waals surface area contributed by atoms with E-state index in [0.717, 1.165) is 0 Å². The maximum absolute atomic E-state index is 10.9. The minimum absolute atomic E-state index is 0.100. The number of carbonyl (C=O) groups excluding carboxylic acids is 1. The van der Waals surface area contributed by atoms with Crippen molar-refractivity contribution in [2.24, 2.45) is 0 Å². The molecule has 4 N–H and O–H groups in total. The number of hydrogen-bond acceptors (Lipinski definition) is 4. The zero-order valence-electron chi connectivity index (χ0n) is 7.71. The highest BCUT2D eigenvalue weighted by Crippen LogP contribution is 1.83. The van der Waals surface area contributed by atoms with E-state index in [2.05, 4.69) is 17.2 Å². The van der Waals surface area contributed by atoms with Crippen molar-refractivity contribution >= 4 is 5.91 Å². The lowest BCUT2D eigenvalue weighted by Crippen LogP contribution is -2.35. The van der Waals surface area contributed by atoms with E-state index in [9.17, 15) is 4.79 Å². The van der Waals surface area contributed by atoms with Crippen LogP contribution in [0.1, 0.15) is 6.92 Å². The molecule has 0 aliphatic rings. The highest BCUT2D eigenvalue weighted by Gasteiger charge is 1.99. The van der Waals surface area contributed by atoms with Crippen LogP contribution in [0.25, 0.3) is 0 Å². The van der Waals surface area contributed by atoms with Crippen molar-refractivity contribution < 1.29 is 15.0 Å². The van der Waals surface area contributed by atoms with Crippen LogP contribution < -0.4 is 10.6 Å². The van der Waals surface area contributed by atoms with Crippen molar-refractivity contribution in [2.45, 2.75) is 13.2 Å². The predicted octanol–water partition coefficient (Wildman–Crippen LogP) is -1.42. The molecular weight excluding hydrogens is 172 g/mol. The first-order valence-corrected chi connectivity index (χ1v) is 4.04. The highest BCUT2D eigenvalue weighted by molar-refractivity contribution is 5.92. The van der Waals surface area contributed by atoms with Crippen LogP contribution in [-0.4, -0.2) is 42.0 Å². The van der Waals surface area contributed by atoms with Crippen LogP contribution in [0.4, 0.5) is 0 Å². The third-order valence-corrected chi connectivity index (χ3v) is 1.30. The molecule has 0 aromatic carbocycles. The molecule has 0 atom stereocenters. The number of rotatable bonds is 6. The molecule has 0 spiro atoms. The Hall–Kier alpha value is -0.910. The Morgan fingerprint density at radius 3 is 2.54 bits per heavy atom. The van der Waals surface area contributed by atoms with Gasteiger partial charge in [0, 0.05) is 25.2 Å². The molecule has 0 aliphatic heterocycles. The van der Waals surface area contributed by atoms with E-state index in [0.29, 0.717) is 18.7 Å². The lowest BCUT2D eigenvalue weighted by molar-refractivity contribution is -0.117. The average Bonchev–Trinajstić information content (AvgIpc) is 2.02. The van der Waals surface area contributed by atoms with Crippen LogP contribution in [0.15, 0.2) is 12.2 Å². The van der Waals surface area contributed by atoms with Crippen LogP contribution in [-0.2, 0) is 4.79 Å². The van der Waals surface area contributed by atoms with Crippen molar-refractivity contribution in [1.29, 1.82) is 0 Å². The Labute approximate surface area is 77.5 Å². The smallest absolute Gasteiger partial charge is 0.246 e. The van der Waals surface area contributed by atoms with Gasteiger partial charge in [0.1, 0.15) is 0 Å². The molecule has 0 rings (SSSR count). The van der Waals surface area contributed by atoms with Crippen molar-refractivity contribution in [3.05, 3.63) is 12.2 Å². The molecule has 5 nitrogen and oxygen atoms in total. The van der Waals surface area contributed by atoms with E-state index in [4.69, 9.17) is 10.2 Å². The van der Waals surface area contributed by atoms with E-state index >= 15 is 0 Å². The molecule has 0 aromatic heterocycles. The minimum Gasteiger partial charge on any atom is -0.367 e. The molecule has 76 valence electrons. The van der Waals surface area contributed by atoms with Gasteiger partial charge in [-0.1, -0.05) is 6.58 Å². The highest BCUT2D eigenvalue weighted by atomic mass is 16.5. The molecule has 0 bridgehead atoms. The van der Waals surface area contributed by atoms with Gasteiger partial charge in [-0.2, -0.15) is 0 Å². The summed E-state index contributed by atoms with van der Waals surface area (Å²) in [5, 5.41) is 22.2. The van der Waals surface area contributed by atoms with Crippen LogP contribution >= 0.6 is 0 Å². The lowest BCUT2D eigenvalue weighted by atomic mass is 10.3. The number of nitrogens with one attached hydrogen (secondary N) is 2. The summed E-state index contributed by atoms with van der Waals surface area (Å²) in [6, 6.07) is 0. The molecule has 0 saturated carbocycles. The minimum atomic E-state index is -1.35. The quantitative estimate of drug-likeness (QED) is 0.234. The number of hydrogen-bond donors (Lipinski definition) is 4. The zero-order chi connectivity index (χ0) is 10.3. The van der Waals surface area contributed by atoms with Gasteiger partial charge < -0.3 is 20.8 Å². The molecule has 0 aliphatic carbocycles. The summed E-state index contributed by atoms with van der Waals surface area (Å²) >= 11 is 0. The topological polar surface area (TPSA) is 81.6 Å². The Balaban J connectivity index is 3.26. The molecule has 0 fully saturated rings. The van der Waals surface area contributed by atoms with Crippen molar-refractivity contribution in [3.8, 4) is 0 Å². The maximum Gasteiger partial charge on any atom is 0.246 e. The number of aliphatic hydroxyl groups excluding tert-OH is 1. The van der Waals surface area contributed by atoms with Gasteiger partial charge in [0.05, 0.1) is 0 Å². The van der Waals surface area contributed by atoms with E-state index < -0.39 is 6.29 Å². The molecule has 5 heteroatoms. The number of aliphatic hydroxyl groups is 2. The largest absolute Gasteiger partial charge is 0.367 e. The molecule has 0 saturated heterocycles. The van der Waals surface area contributed by atoms with Crippen LogP contribution in [0.5, 0.6) is 0 Å². The summed E-state index contributed by atoms with van der Waals surface area (Å²) in [6.45, 7) is 6.13. The van der Waals surface area contributed by atoms with E-state index in [1.54, 1.807) is 6.92 Å². The van der Waals surface area contributed by atoms with Gasteiger partial charge in [-0.3, -0.25) is 4.79 Å². The van der Waals surface area contributed by atoms with Crippen LogP contribution in [0.3, 0.4) is 0 Å². The Kier molecular flexibility index (Phi) is 6.13. The lowest BCUT2D eigenvalue weighted by Gasteiger charge is -2.07. The molecule has 13 heavy (non-hydrogen) atoms. The van der Waals surface area contributed by atoms with E-state index in [-0.39, 0.29) is 12.5 Å². The van der Waals surface area contributed by atoms with Gasteiger partial charge in [0.25, 0.3) is 0 Å². The summed E-state index contributed by atoms with van der Waals surface area (Å²) in [5.41, 5.74) is 0.460. The monoisotopic (exact) mass is 188 g/mol. The average molecular weight is 188 g/mol. The fourth-order valence-electron chi connectivity index (χ4n) is 0.646.